The van der Waals surface area contributed by atoms with Crippen molar-refractivity contribution in [1.82, 2.24) is 4.98 Å². The summed E-state index contributed by atoms with van der Waals surface area (Å²) in [6, 6.07) is 4.54. The second-order valence-corrected chi connectivity index (χ2v) is 7.24. The van der Waals surface area contributed by atoms with E-state index in [0.29, 0.717) is 11.3 Å². The van der Waals surface area contributed by atoms with Crippen molar-refractivity contribution in [2.75, 3.05) is 4.90 Å². The number of para-hydroxylation sites is 1. The second kappa shape index (κ2) is 6.99. The number of hydrogen-bond donors (Lipinski definition) is 1. The summed E-state index contributed by atoms with van der Waals surface area (Å²) in [6.45, 7) is -0.295. The Morgan fingerprint density at radius 3 is 2.69 bits per heavy atom. The highest BCUT2D eigenvalue weighted by Crippen LogP contribution is 2.38. The van der Waals surface area contributed by atoms with Gasteiger partial charge in [0.1, 0.15) is 5.01 Å². The van der Waals surface area contributed by atoms with Crippen LogP contribution < -0.4 is 9.64 Å². The fourth-order valence-electron chi connectivity index (χ4n) is 2.99. The Bertz CT molecular complexity index is 1170. The molecule has 1 aliphatic rings. The molecular weight excluding hydrogens is 416 g/mol. The summed E-state index contributed by atoms with van der Waals surface area (Å²) in [5.41, 5.74) is -0.0996. The maximum Gasteiger partial charge on any atom is 0.307 e. The predicted octanol–water partition coefficient (Wildman–Crippen LogP) is 3.62. The summed E-state index contributed by atoms with van der Waals surface area (Å²) < 4.78 is 60.0. The van der Waals surface area contributed by atoms with E-state index in [9.17, 15) is 27.2 Å². The van der Waals surface area contributed by atoms with E-state index in [1.807, 2.05) is 0 Å². The molecule has 1 N–H and O–H groups in total. The molecule has 0 saturated heterocycles. The number of rotatable bonds is 4. The average Bonchev–Trinajstić information content (AvgIpc) is 3.06. The minimum atomic E-state index is -1.64. The first kappa shape index (κ1) is 19.1. The van der Waals surface area contributed by atoms with Crippen LogP contribution in [0.25, 0.3) is 10.2 Å². The topological polar surface area (TPSA) is 79.7 Å². The highest BCUT2D eigenvalue weighted by molar-refractivity contribution is 7.18. The Kier molecular flexibility index (Phi) is 4.61. The van der Waals surface area contributed by atoms with Crippen LogP contribution in [-0.2, 0) is 16.1 Å². The summed E-state index contributed by atoms with van der Waals surface area (Å²) >= 11 is 0.699. The van der Waals surface area contributed by atoms with Crippen LogP contribution in [-0.4, -0.2) is 28.1 Å². The summed E-state index contributed by atoms with van der Waals surface area (Å²) in [7, 11) is 0. The first-order valence-corrected chi connectivity index (χ1v) is 8.99. The van der Waals surface area contributed by atoms with Crippen molar-refractivity contribution < 1.29 is 37.0 Å². The molecule has 2 aromatic carbocycles. The third kappa shape index (κ3) is 3.27. The normalized spacial score (nSPS) is 16.1. The van der Waals surface area contributed by atoms with E-state index in [2.05, 4.69) is 4.98 Å². The number of nitrogens with zero attached hydrogens (tertiary/aromatic N) is 2. The zero-order valence-corrected chi connectivity index (χ0v) is 15.1. The molecule has 0 bridgehead atoms. The zero-order chi connectivity index (χ0) is 20.9. The van der Waals surface area contributed by atoms with E-state index in [1.165, 1.54) is 12.1 Å². The molecule has 4 rings (SSSR count). The number of carbonyl (C=O) groups excluding carboxylic acids is 1. The van der Waals surface area contributed by atoms with Gasteiger partial charge in [-0.25, -0.2) is 22.5 Å². The van der Waals surface area contributed by atoms with Crippen molar-refractivity contribution in [2.45, 2.75) is 19.1 Å². The number of thiazole rings is 1. The van der Waals surface area contributed by atoms with Crippen LogP contribution >= 0.6 is 11.3 Å². The van der Waals surface area contributed by atoms with Gasteiger partial charge in [0.15, 0.2) is 35.1 Å². The van der Waals surface area contributed by atoms with Crippen LogP contribution in [0.3, 0.4) is 0 Å². The molecule has 0 radical (unpaired) electrons. The van der Waals surface area contributed by atoms with E-state index in [4.69, 9.17) is 9.84 Å². The third-order valence-corrected chi connectivity index (χ3v) is 5.30. The molecule has 0 fully saturated rings. The van der Waals surface area contributed by atoms with Crippen molar-refractivity contribution >= 4 is 39.1 Å². The molecule has 0 aliphatic carbocycles. The van der Waals surface area contributed by atoms with E-state index >= 15 is 0 Å². The molecule has 1 aliphatic heterocycles. The van der Waals surface area contributed by atoms with Crippen molar-refractivity contribution in [3.8, 4) is 5.75 Å². The van der Waals surface area contributed by atoms with Gasteiger partial charge in [-0.05, 0) is 12.1 Å². The molecule has 6 nitrogen and oxygen atoms in total. The fraction of sp³-hybridized carbons (Fsp3) is 0.167. The van der Waals surface area contributed by atoms with E-state index in [-0.39, 0.29) is 33.2 Å². The molecule has 2 heterocycles. The standard InChI is InChI=1S/C18H10F4N2O4S/c19-7-2-1-3-10-16(7)28-11(5-13(25)26)18(27)24(10)6-12-23-9-4-8(20)14(21)15(22)17(9)29-12/h1-4,11H,5-6H2,(H,25,26). The van der Waals surface area contributed by atoms with Gasteiger partial charge in [0, 0.05) is 6.07 Å². The molecule has 0 spiro atoms. The van der Waals surface area contributed by atoms with Crippen molar-refractivity contribution in [1.29, 1.82) is 0 Å². The molecule has 0 saturated carbocycles. The second-order valence-electron chi connectivity index (χ2n) is 6.16. The molecule has 29 heavy (non-hydrogen) atoms. The van der Waals surface area contributed by atoms with E-state index in [1.54, 1.807) is 0 Å². The van der Waals surface area contributed by atoms with Crippen molar-refractivity contribution in [3.05, 3.63) is 52.5 Å². The predicted molar refractivity (Wildman–Crippen MR) is 93.8 cm³/mol. The Balaban J connectivity index is 1.76. The lowest BCUT2D eigenvalue weighted by Crippen LogP contribution is -2.46. The largest absolute Gasteiger partial charge is 0.481 e. The van der Waals surface area contributed by atoms with Crippen LogP contribution in [0, 0.1) is 23.3 Å². The Labute approximate surface area is 164 Å². The third-order valence-electron chi connectivity index (χ3n) is 4.25. The van der Waals surface area contributed by atoms with Gasteiger partial charge in [-0.3, -0.25) is 14.5 Å². The lowest BCUT2D eigenvalue weighted by atomic mass is 10.1. The number of halogens is 4. The van der Waals surface area contributed by atoms with Gasteiger partial charge in [-0.2, -0.15) is 0 Å². The van der Waals surface area contributed by atoms with Crippen LogP contribution in [0.5, 0.6) is 5.75 Å². The van der Waals surface area contributed by atoms with Crippen LogP contribution in [0.15, 0.2) is 24.3 Å². The number of aliphatic carboxylic acids is 1. The van der Waals surface area contributed by atoms with Gasteiger partial charge in [-0.15, -0.1) is 11.3 Å². The molecular formula is C18H10F4N2O4S. The maximum atomic E-state index is 14.2. The van der Waals surface area contributed by atoms with Gasteiger partial charge in [-0.1, -0.05) is 6.07 Å². The molecule has 1 atom stereocenters. The minimum absolute atomic E-state index is 0.0359. The highest BCUT2D eigenvalue weighted by atomic mass is 32.1. The number of aromatic nitrogens is 1. The fourth-order valence-corrected chi connectivity index (χ4v) is 3.95. The molecule has 11 heteroatoms. The number of anilines is 1. The zero-order valence-electron chi connectivity index (χ0n) is 14.3. The summed E-state index contributed by atoms with van der Waals surface area (Å²) in [5, 5.41) is 9.10. The van der Waals surface area contributed by atoms with E-state index < -0.39 is 47.7 Å². The van der Waals surface area contributed by atoms with E-state index in [0.717, 1.165) is 17.0 Å². The average molecular weight is 426 g/mol. The van der Waals surface area contributed by atoms with Gasteiger partial charge in [0.2, 0.25) is 0 Å². The smallest absolute Gasteiger partial charge is 0.307 e. The summed E-state index contributed by atoms with van der Waals surface area (Å²) in [6.07, 6.45) is -2.17. The van der Waals surface area contributed by atoms with Crippen LogP contribution in [0.1, 0.15) is 11.4 Å². The lowest BCUT2D eigenvalue weighted by molar-refractivity contribution is -0.142. The lowest BCUT2D eigenvalue weighted by Gasteiger charge is -2.33. The first-order chi connectivity index (χ1) is 13.8. The van der Waals surface area contributed by atoms with Crippen molar-refractivity contribution in [3.63, 3.8) is 0 Å². The monoisotopic (exact) mass is 426 g/mol. The summed E-state index contributed by atoms with van der Waals surface area (Å²) in [4.78, 5) is 28.8. The minimum Gasteiger partial charge on any atom is -0.481 e. The number of hydrogen-bond acceptors (Lipinski definition) is 5. The van der Waals surface area contributed by atoms with Gasteiger partial charge in [0.05, 0.1) is 28.9 Å². The number of carboxylic acid groups (broad SMARTS) is 1. The summed E-state index contributed by atoms with van der Waals surface area (Å²) in [5.74, 6) is -7.61. The number of carboxylic acids is 1. The van der Waals surface area contributed by atoms with Gasteiger partial charge in [0.25, 0.3) is 5.91 Å². The highest BCUT2D eigenvalue weighted by Gasteiger charge is 2.37. The van der Waals surface area contributed by atoms with Gasteiger partial charge < -0.3 is 9.84 Å². The first-order valence-electron chi connectivity index (χ1n) is 8.17. The number of fused-ring (bicyclic) bond motifs is 2. The SMILES string of the molecule is O=C(O)CC1Oc2c(F)cccc2N(Cc2nc3cc(F)c(F)c(F)c3s2)C1=O. The van der Waals surface area contributed by atoms with Crippen molar-refractivity contribution in [2.24, 2.45) is 0 Å². The number of amides is 1. The van der Waals surface area contributed by atoms with Crippen LogP contribution in [0.4, 0.5) is 23.2 Å². The Morgan fingerprint density at radius 1 is 1.21 bits per heavy atom. The Morgan fingerprint density at radius 2 is 1.97 bits per heavy atom. The van der Waals surface area contributed by atoms with Crippen LogP contribution in [0.2, 0.25) is 0 Å². The molecule has 3 aromatic rings. The quantitative estimate of drug-likeness (QED) is 0.509. The molecule has 150 valence electrons. The Hall–Kier alpha value is -3.21. The number of benzene rings is 2. The molecule has 1 amide bonds. The molecule has 1 aromatic heterocycles. The number of carbonyl (C=O) groups is 2. The molecule has 1 unspecified atom stereocenters. The maximum absolute atomic E-state index is 14.2. The number of ether oxygens (including phenoxy) is 1. The van der Waals surface area contributed by atoms with Gasteiger partial charge >= 0.3 is 5.97 Å².